The van der Waals surface area contributed by atoms with Crippen molar-refractivity contribution < 1.29 is 19.0 Å². The summed E-state index contributed by atoms with van der Waals surface area (Å²) in [5, 5.41) is 13.4. The van der Waals surface area contributed by atoms with E-state index in [4.69, 9.17) is 4.74 Å². The van der Waals surface area contributed by atoms with Gasteiger partial charge in [-0.3, -0.25) is 4.79 Å². The summed E-state index contributed by atoms with van der Waals surface area (Å²) in [5.41, 5.74) is 0.213. The average Bonchev–Trinajstić information content (AvgIpc) is 3.05. The van der Waals surface area contributed by atoms with Gasteiger partial charge < -0.3 is 15.2 Å². The molecule has 1 aliphatic carbocycles. The summed E-state index contributed by atoms with van der Waals surface area (Å²) in [5.74, 6) is -0.350. The maximum Gasteiger partial charge on any atom is 0.226 e. The van der Waals surface area contributed by atoms with E-state index in [1.807, 2.05) is 6.92 Å². The molecule has 0 spiro atoms. The van der Waals surface area contributed by atoms with E-state index in [9.17, 15) is 14.3 Å². The van der Waals surface area contributed by atoms with Crippen LogP contribution in [-0.4, -0.2) is 30.3 Å². The zero-order chi connectivity index (χ0) is 17.6. The van der Waals surface area contributed by atoms with Crippen molar-refractivity contribution in [1.29, 1.82) is 0 Å². The standard InChI is InChI=1S/C19H28FNO3/c1-3-24-13-12-19(10-4-5-11-19)18(23)21-14(2)17(22)15-6-8-16(20)9-7-15/h6-9,14,17,22H,3-5,10-13H2,1-2H3,(H,21,23). The van der Waals surface area contributed by atoms with Crippen molar-refractivity contribution in [1.82, 2.24) is 5.32 Å². The molecule has 0 radical (unpaired) electrons. The molecule has 0 bridgehead atoms. The number of carbonyl (C=O) groups excluding carboxylic acids is 1. The summed E-state index contributed by atoms with van der Waals surface area (Å²) in [6, 6.07) is 5.28. The Balaban J connectivity index is 1.99. The second-order valence-corrected chi connectivity index (χ2v) is 6.69. The number of hydrogen-bond donors (Lipinski definition) is 2. The third-order valence-corrected chi connectivity index (χ3v) is 5.02. The maximum absolute atomic E-state index is 13.0. The quantitative estimate of drug-likeness (QED) is 0.715. The highest BCUT2D eigenvalue weighted by atomic mass is 19.1. The van der Waals surface area contributed by atoms with Gasteiger partial charge in [-0.1, -0.05) is 25.0 Å². The summed E-state index contributed by atoms with van der Waals surface area (Å²) < 4.78 is 18.4. The van der Waals surface area contributed by atoms with E-state index >= 15 is 0 Å². The van der Waals surface area contributed by atoms with Crippen LogP contribution < -0.4 is 5.32 Å². The van der Waals surface area contributed by atoms with Crippen LogP contribution in [0, 0.1) is 11.2 Å². The van der Waals surface area contributed by atoms with E-state index in [2.05, 4.69) is 5.32 Å². The van der Waals surface area contributed by atoms with Gasteiger partial charge in [0.15, 0.2) is 0 Å². The topological polar surface area (TPSA) is 58.6 Å². The molecule has 0 heterocycles. The molecule has 0 aromatic heterocycles. The monoisotopic (exact) mass is 337 g/mol. The number of ether oxygens (including phenoxy) is 1. The Morgan fingerprint density at radius 3 is 2.54 bits per heavy atom. The van der Waals surface area contributed by atoms with Gasteiger partial charge in [0.05, 0.1) is 17.6 Å². The lowest BCUT2D eigenvalue weighted by atomic mass is 9.81. The van der Waals surface area contributed by atoms with Crippen LogP contribution in [0.25, 0.3) is 0 Å². The Bertz CT molecular complexity index is 526. The minimum atomic E-state index is -0.861. The van der Waals surface area contributed by atoms with Crippen LogP contribution in [0.1, 0.15) is 57.6 Å². The molecule has 5 heteroatoms. The van der Waals surface area contributed by atoms with Gasteiger partial charge in [-0.25, -0.2) is 4.39 Å². The molecule has 4 nitrogen and oxygen atoms in total. The summed E-state index contributed by atoms with van der Waals surface area (Å²) in [7, 11) is 0. The number of rotatable bonds is 8. The Morgan fingerprint density at radius 1 is 1.33 bits per heavy atom. The van der Waals surface area contributed by atoms with E-state index in [0.717, 1.165) is 25.7 Å². The minimum absolute atomic E-state index is 0.00614. The summed E-state index contributed by atoms with van der Waals surface area (Å²) in [6.45, 7) is 4.95. The molecular weight excluding hydrogens is 309 g/mol. The second-order valence-electron chi connectivity index (χ2n) is 6.69. The van der Waals surface area contributed by atoms with E-state index in [1.165, 1.54) is 12.1 Å². The zero-order valence-electron chi connectivity index (χ0n) is 14.6. The van der Waals surface area contributed by atoms with Gasteiger partial charge >= 0.3 is 0 Å². The van der Waals surface area contributed by atoms with Gasteiger partial charge in [0.25, 0.3) is 0 Å². The van der Waals surface area contributed by atoms with Crippen LogP contribution in [0.5, 0.6) is 0 Å². The van der Waals surface area contributed by atoms with Crippen molar-refractivity contribution in [2.24, 2.45) is 5.41 Å². The van der Waals surface area contributed by atoms with Crippen molar-refractivity contribution in [2.75, 3.05) is 13.2 Å². The first kappa shape index (κ1) is 18.9. The van der Waals surface area contributed by atoms with Gasteiger partial charge in [-0.15, -0.1) is 0 Å². The third kappa shape index (κ3) is 4.54. The summed E-state index contributed by atoms with van der Waals surface area (Å²) >= 11 is 0. The second kappa shape index (κ2) is 8.58. The maximum atomic E-state index is 13.0. The SMILES string of the molecule is CCOCCC1(C(=O)NC(C)C(O)c2ccc(F)cc2)CCCC1. The Hall–Kier alpha value is -1.46. The Kier molecular flexibility index (Phi) is 6.75. The fraction of sp³-hybridized carbons (Fsp3) is 0.632. The van der Waals surface area contributed by atoms with Crippen molar-refractivity contribution in [3.8, 4) is 0 Å². The molecule has 1 fully saturated rings. The third-order valence-electron chi connectivity index (χ3n) is 5.02. The van der Waals surface area contributed by atoms with Crippen molar-refractivity contribution in [3.63, 3.8) is 0 Å². The lowest BCUT2D eigenvalue weighted by Gasteiger charge is -2.31. The zero-order valence-corrected chi connectivity index (χ0v) is 14.6. The Morgan fingerprint density at radius 2 is 1.96 bits per heavy atom. The first-order valence-electron chi connectivity index (χ1n) is 8.81. The number of nitrogens with one attached hydrogen (secondary N) is 1. The molecule has 24 heavy (non-hydrogen) atoms. The largest absolute Gasteiger partial charge is 0.386 e. The molecule has 1 aromatic rings. The van der Waals surface area contributed by atoms with Crippen LogP contribution in [-0.2, 0) is 9.53 Å². The van der Waals surface area contributed by atoms with Gasteiger partial charge in [0, 0.05) is 13.2 Å². The van der Waals surface area contributed by atoms with Crippen molar-refractivity contribution in [2.45, 2.75) is 58.1 Å². The highest BCUT2D eigenvalue weighted by molar-refractivity contribution is 5.83. The normalized spacial score (nSPS) is 19.0. The molecule has 1 saturated carbocycles. The molecule has 2 rings (SSSR count). The number of aliphatic hydroxyl groups excluding tert-OH is 1. The lowest BCUT2D eigenvalue weighted by molar-refractivity contribution is -0.133. The number of hydrogen-bond acceptors (Lipinski definition) is 3. The molecule has 1 amide bonds. The molecule has 2 N–H and O–H groups in total. The van der Waals surface area contributed by atoms with E-state index in [-0.39, 0.29) is 17.1 Å². The highest BCUT2D eigenvalue weighted by Crippen LogP contribution is 2.41. The van der Waals surface area contributed by atoms with Crippen LogP contribution >= 0.6 is 0 Å². The molecule has 1 aliphatic rings. The van der Waals surface area contributed by atoms with Gasteiger partial charge in [0.1, 0.15) is 5.82 Å². The first-order valence-corrected chi connectivity index (χ1v) is 8.81. The van der Waals surface area contributed by atoms with Crippen LogP contribution in [0.2, 0.25) is 0 Å². The van der Waals surface area contributed by atoms with Gasteiger partial charge in [0.2, 0.25) is 5.91 Å². The van der Waals surface area contributed by atoms with Crippen LogP contribution in [0.4, 0.5) is 4.39 Å². The fourth-order valence-electron chi connectivity index (χ4n) is 3.44. The number of benzene rings is 1. The number of amides is 1. The Labute approximate surface area is 143 Å². The van der Waals surface area contributed by atoms with E-state index < -0.39 is 12.1 Å². The van der Waals surface area contributed by atoms with E-state index in [0.29, 0.717) is 25.2 Å². The predicted octanol–water partition coefficient (Wildman–Crippen LogP) is 3.35. The van der Waals surface area contributed by atoms with E-state index in [1.54, 1.807) is 19.1 Å². The molecular formula is C19H28FNO3. The first-order chi connectivity index (χ1) is 11.5. The average molecular weight is 337 g/mol. The number of carbonyl (C=O) groups is 1. The molecule has 0 aliphatic heterocycles. The predicted molar refractivity (Wildman–Crippen MR) is 91.0 cm³/mol. The molecule has 2 atom stereocenters. The molecule has 0 saturated heterocycles. The molecule has 1 aromatic carbocycles. The van der Waals surface area contributed by atoms with Crippen molar-refractivity contribution in [3.05, 3.63) is 35.6 Å². The number of halogens is 1. The highest BCUT2D eigenvalue weighted by Gasteiger charge is 2.41. The lowest BCUT2D eigenvalue weighted by Crippen LogP contribution is -2.46. The smallest absolute Gasteiger partial charge is 0.226 e. The molecule has 2 unspecified atom stereocenters. The van der Waals surface area contributed by atoms with Gasteiger partial charge in [-0.2, -0.15) is 0 Å². The molecule has 134 valence electrons. The van der Waals surface area contributed by atoms with Gasteiger partial charge in [-0.05, 0) is 50.8 Å². The summed E-state index contributed by atoms with van der Waals surface area (Å²) in [6.07, 6.45) is 3.69. The number of aliphatic hydroxyl groups is 1. The summed E-state index contributed by atoms with van der Waals surface area (Å²) in [4.78, 5) is 12.8. The van der Waals surface area contributed by atoms with Crippen LogP contribution in [0.3, 0.4) is 0 Å². The fourth-order valence-corrected chi connectivity index (χ4v) is 3.44. The van der Waals surface area contributed by atoms with Crippen LogP contribution in [0.15, 0.2) is 24.3 Å². The van der Waals surface area contributed by atoms with Crippen molar-refractivity contribution >= 4 is 5.91 Å². The minimum Gasteiger partial charge on any atom is -0.386 e.